The second-order valence-electron chi connectivity index (χ2n) is 15.6. The fraction of sp³-hybridized carbons (Fsp3) is 0. The van der Waals surface area contributed by atoms with Gasteiger partial charge in [-0.1, -0.05) is 127 Å². The van der Waals surface area contributed by atoms with E-state index in [4.69, 9.17) is 9.40 Å². The van der Waals surface area contributed by atoms with Crippen molar-refractivity contribution in [2.45, 2.75) is 0 Å². The lowest BCUT2D eigenvalue weighted by molar-refractivity contribution is 0.654. The molecule has 0 amide bonds. The van der Waals surface area contributed by atoms with Crippen molar-refractivity contribution in [2.75, 3.05) is 4.90 Å². The van der Waals surface area contributed by atoms with Gasteiger partial charge in [0.1, 0.15) is 5.58 Å². The number of rotatable bonds is 6. The van der Waals surface area contributed by atoms with Crippen LogP contribution >= 0.6 is 0 Å². The zero-order chi connectivity index (χ0) is 39.6. The molecule has 0 N–H and O–H groups in total. The SMILES string of the molecule is c1ccc2cc3cc(-c4ccc(N(c5ccc(-c6ccc7cc8ccccc8cc7c6)cc5)c5ccc(-c6ccc7c(n6)oc6ccccc67)cc5)cc4)ccc3cc2c1. The van der Waals surface area contributed by atoms with Crippen molar-refractivity contribution in [3.8, 4) is 33.5 Å². The number of pyridine rings is 1. The monoisotopic (exact) mass is 764 g/mol. The highest BCUT2D eigenvalue weighted by molar-refractivity contribution is 6.04. The smallest absolute Gasteiger partial charge is 0.227 e. The van der Waals surface area contributed by atoms with Gasteiger partial charge in [-0.15, -0.1) is 0 Å². The molecule has 3 nitrogen and oxygen atoms in total. The Balaban J connectivity index is 0.908. The molecular weight excluding hydrogens is 729 g/mol. The molecule has 0 spiro atoms. The topological polar surface area (TPSA) is 29.3 Å². The largest absolute Gasteiger partial charge is 0.438 e. The molecule has 0 atom stereocenters. The van der Waals surface area contributed by atoms with Crippen LogP contribution < -0.4 is 4.90 Å². The molecule has 0 aliphatic rings. The Kier molecular flexibility index (Phi) is 7.85. The van der Waals surface area contributed by atoms with Gasteiger partial charge in [0.2, 0.25) is 5.71 Å². The van der Waals surface area contributed by atoms with Crippen molar-refractivity contribution in [1.29, 1.82) is 0 Å². The minimum Gasteiger partial charge on any atom is -0.438 e. The molecule has 0 saturated carbocycles. The predicted molar refractivity (Wildman–Crippen MR) is 253 cm³/mol. The number of fused-ring (bicyclic) bond motifs is 7. The summed E-state index contributed by atoms with van der Waals surface area (Å²) in [6.07, 6.45) is 0. The van der Waals surface area contributed by atoms with Crippen LogP contribution in [-0.4, -0.2) is 4.98 Å². The van der Waals surface area contributed by atoms with Gasteiger partial charge in [-0.25, -0.2) is 4.98 Å². The van der Waals surface area contributed by atoms with Crippen LogP contribution in [0.15, 0.2) is 223 Å². The Morgan fingerprint density at radius 1 is 0.300 bits per heavy atom. The summed E-state index contributed by atoms with van der Waals surface area (Å²) in [6.45, 7) is 0. The van der Waals surface area contributed by atoms with Crippen LogP contribution in [0.2, 0.25) is 0 Å². The average Bonchev–Trinajstić information content (AvgIpc) is 3.69. The van der Waals surface area contributed by atoms with Gasteiger partial charge in [0.15, 0.2) is 0 Å². The summed E-state index contributed by atoms with van der Waals surface area (Å²) in [4.78, 5) is 7.26. The number of aromatic nitrogens is 1. The van der Waals surface area contributed by atoms with E-state index in [1.54, 1.807) is 0 Å². The van der Waals surface area contributed by atoms with Crippen LogP contribution in [0.3, 0.4) is 0 Å². The van der Waals surface area contributed by atoms with Crippen molar-refractivity contribution in [3.05, 3.63) is 218 Å². The summed E-state index contributed by atoms with van der Waals surface area (Å²) >= 11 is 0. The van der Waals surface area contributed by atoms with Gasteiger partial charge < -0.3 is 9.32 Å². The molecule has 280 valence electrons. The van der Waals surface area contributed by atoms with Crippen LogP contribution in [0.25, 0.3) is 98.7 Å². The molecule has 60 heavy (non-hydrogen) atoms. The minimum absolute atomic E-state index is 0.652. The van der Waals surface area contributed by atoms with E-state index in [0.717, 1.165) is 44.7 Å². The van der Waals surface area contributed by atoms with Crippen LogP contribution in [0, 0.1) is 0 Å². The maximum Gasteiger partial charge on any atom is 0.227 e. The van der Waals surface area contributed by atoms with Gasteiger partial charge >= 0.3 is 0 Å². The average molecular weight is 765 g/mol. The first-order valence-electron chi connectivity index (χ1n) is 20.4. The normalized spacial score (nSPS) is 11.7. The highest BCUT2D eigenvalue weighted by Crippen LogP contribution is 2.39. The van der Waals surface area contributed by atoms with Crippen molar-refractivity contribution in [3.63, 3.8) is 0 Å². The van der Waals surface area contributed by atoms with E-state index in [0.29, 0.717) is 5.71 Å². The Morgan fingerprint density at radius 3 is 1.23 bits per heavy atom. The van der Waals surface area contributed by atoms with Gasteiger partial charge in [0.05, 0.1) is 5.69 Å². The number of hydrogen-bond acceptors (Lipinski definition) is 3. The molecule has 2 aromatic heterocycles. The fourth-order valence-electron chi connectivity index (χ4n) is 8.84. The lowest BCUT2D eigenvalue weighted by Gasteiger charge is -2.26. The maximum atomic E-state index is 6.13. The molecule has 10 aromatic carbocycles. The predicted octanol–water partition coefficient (Wildman–Crippen LogP) is 16.1. The van der Waals surface area contributed by atoms with E-state index >= 15 is 0 Å². The van der Waals surface area contributed by atoms with E-state index < -0.39 is 0 Å². The summed E-state index contributed by atoms with van der Waals surface area (Å²) in [6, 6.07) is 78.6. The Morgan fingerprint density at radius 2 is 0.717 bits per heavy atom. The molecule has 3 heteroatoms. The van der Waals surface area contributed by atoms with E-state index in [1.807, 2.05) is 18.2 Å². The lowest BCUT2D eigenvalue weighted by Crippen LogP contribution is -2.09. The number of benzene rings is 10. The summed E-state index contributed by atoms with van der Waals surface area (Å²) in [5, 5.41) is 12.1. The van der Waals surface area contributed by atoms with Crippen molar-refractivity contribution in [1.82, 2.24) is 4.98 Å². The van der Waals surface area contributed by atoms with Crippen molar-refractivity contribution < 1.29 is 4.42 Å². The molecule has 0 saturated heterocycles. The first-order valence-corrected chi connectivity index (χ1v) is 20.4. The number of furan rings is 1. The molecule has 0 aliphatic carbocycles. The minimum atomic E-state index is 0.652. The summed E-state index contributed by atoms with van der Waals surface area (Å²) in [5.74, 6) is 0. The first-order chi connectivity index (χ1) is 29.7. The van der Waals surface area contributed by atoms with Crippen LogP contribution in [0.4, 0.5) is 17.1 Å². The molecule has 12 rings (SSSR count). The van der Waals surface area contributed by atoms with Crippen LogP contribution in [0.1, 0.15) is 0 Å². The number of para-hydroxylation sites is 1. The summed E-state index contributed by atoms with van der Waals surface area (Å²) < 4.78 is 6.13. The van der Waals surface area contributed by atoms with Gasteiger partial charge in [-0.05, 0) is 156 Å². The molecule has 0 radical (unpaired) electrons. The van der Waals surface area contributed by atoms with Gasteiger partial charge in [0, 0.05) is 33.4 Å². The standard InChI is InChI=1S/C57H36N2O/c1-3-9-42-33-48-35-44(13-15-46(48)31-40(42)7-1)37-17-23-50(24-18-37)59(52-27-21-39(22-28-52)55-30-29-54-53-11-5-6-12-56(53)60-57(54)58-55)51-25-19-38(20-26-51)45-14-16-47-32-41-8-2-4-10-43(41)34-49(47)36-45/h1-36H. The highest BCUT2D eigenvalue weighted by atomic mass is 16.3. The van der Waals surface area contributed by atoms with Crippen LogP contribution in [-0.2, 0) is 0 Å². The molecule has 0 unspecified atom stereocenters. The second-order valence-corrected chi connectivity index (χ2v) is 15.6. The second kappa shape index (κ2) is 13.8. The van der Waals surface area contributed by atoms with E-state index in [9.17, 15) is 0 Å². The molecule has 2 heterocycles. The fourth-order valence-corrected chi connectivity index (χ4v) is 8.84. The highest BCUT2D eigenvalue weighted by Gasteiger charge is 2.16. The van der Waals surface area contributed by atoms with E-state index in [-0.39, 0.29) is 0 Å². The quantitative estimate of drug-likeness (QED) is 0.158. The lowest BCUT2D eigenvalue weighted by atomic mass is 9.98. The van der Waals surface area contributed by atoms with Gasteiger partial charge in [0.25, 0.3) is 0 Å². The Labute approximate surface area is 347 Å². The Bertz CT molecular complexity index is 3420. The van der Waals surface area contributed by atoms with Crippen molar-refractivity contribution in [2.24, 2.45) is 0 Å². The number of hydrogen-bond donors (Lipinski definition) is 0. The summed E-state index contributed by atoms with van der Waals surface area (Å²) in [5.41, 5.74) is 11.4. The zero-order valence-corrected chi connectivity index (χ0v) is 32.6. The van der Waals surface area contributed by atoms with E-state index in [1.165, 1.54) is 65.3 Å². The van der Waals surface area contributed by atoms with Crippen LogP contribution in [0.5, 0.6) is 0 Å². The molecular formula is C57H36N2O. The van der Waals surface area contributed by atoms with Gasteiger partial charge in [-0.2, -0.15) is 0 Å². The maximum absolute atomic E-state index is 6.13. The third-order valence-electron chi connectivity index (χ3n) is 12.0. The third-order valence-corrected chi connectivity index (χ3v) is 12.0. The van der Waals surface area contributed by atoms with E-state index in [2.05, 4.69) is 205 Å². The molecule has 0 fully saturated rings. The number of nitrogens with zero attached hydrogens (tertiary/aromatic N) is 2. The Hall–Kier alpha value is -8.01. The summed E-state index contributed by atoms with van der Waals surface area (Å²) in [7, 11) is 0. The third kappa shape index (κ3) is 5.95. The number of anilines is 3. The van der Waals surface area contributed by atoms with Gasteiger partial charge in [-0.3, -0.25) is 0 Å². The molecule has 0 aliphatic heterocycles. The molecule has 12 aromatic rings. The first kappa shape index (κ1) is 34.1. The van der Waals surface area contributed by atoms with Crippen molar-refractivity contribution >= 4 is 82.2 Å². The zero-order valence-electron chi connectivity index (χ0n) is 32.6. The molecule has 0 bridgehead atoms.